The molecule has 0 N–H and O–H groups in total. The van der Waals surface area contributed by atoms with Crippen LogP contribution in [0.3, 0.4) is 0 Å². The first-order valence-electron chi connectivity index (χ1n) is 4.77. The van der Waals surface area contributed by atoms with Crippen molar-refractivity contribution in [3.05, 3.63) is 17.7 Å². The van der Waals surface area contributed by atoms with E-state index in [9.17, 15) is 0 Å². The summed E-state index contributed by atoms with van der Waals surface area (Å²) in [7, 11) is 0. The zero-order valence-corrected chi connectivity index (χ0v) is 7.82. The maximum absolute atomic E-state index is 8.75. The van der Waals surface area contributed by atoms with Gasteiger partial charge < -0.3 is 4.57 Å². The van der Waals surface area contributed by atoms with Gasteiger partial charge in [-0.25, -0.2) is 4.98 Å². The molecule has 0 saturated carbocycles. The Kier molecular flexibility index (Phi) is 2.05. The Balaban J connectivity index is 2.31. The van der Waals surface area contributed by atoms with Crippen molar-refractivity contribution in [2.45, 2.75) is 38.6 Å². The first-order valence-corrected chi connectivity index (χ1v) is 4.77. The number of imidazole rings is 1. The molecule has 1 unspecified atom stereocenters. The normalized spacial score (nSPS) is 17.5. The van der Waals surface area contributed by atoms with Gasteiger partial charge in [-0.2, -0.15) is 5.26 Å². The van der Waals surface area contributed by atoms with Gasteiger partial charge in [0.1, 0.15) is 5.82 Å². The van der Waals surface area contributed by atoms with Gasteiger partial charge >= 0.3 is 0 Å². The van der Waals surface area contributed by atoms with E-state index >= 15 is 0 Å². The SMILES string of the molecule is CC(C#N)c1cn2c(n1)CCCC2. The molecule has 0 bridgehead atoms. The van der Waals surface area contributed by atoms with E-state index in [4.69, 9.17) is 5.26 Å². The lowest BCUT2D eigenvalue weighted by Gasteiger charge is -2.11. The van der Waals surface area contributed by atoms with Gasteiger partial charge in [0, 0.05) is 19.2 Å². The molecule has 1 aliphatic heterocycles. The summed E-state index contributed by atoms with van der Waals surface area (Å²) in [5.41, 5.74) is 0.930. The molecule has 0 fully saturated rings. The zero-order valence-electron chi connectivity index (χ0n) is 7.82. The average molecular weight is 175 g/mol. The number of hydrogen-bond donors (Lipinski definition) is 0. The Morgan fingerprint density at radius 1 is 1.62 bits per heavy atom. The van der Waals surface area contributed by atoms with Crippen LogP contribution in [0.5, 0.6) is 0 Å². The van der Waals surface area contributed by atoms with E-state index < -0.39 is 0 Å². The van der Waals surface area contributed by atoms with E-state index in [0.29, 0.717) is 0 Å². The highest BCUT2D eigenvalue weighted by molar-refractivity contribution is 5.16. The molecule has 0 amide bonds. The van der Waals surface area contributed by atoms with Gasteiger partial charge in [0.15, 0.2) is 0 Å². The van der Waals surface area contributed by atoms with Crippen LogP contribution in [0, 0.1) is 11.3 Å². The first-order chi connectivity index (χ1) is 6.31. The molecule has 1 atom stereocenters. The second kappa shape index (κ2) is 3.21. The van der Waals surface area contributed by atoms with Gasteiger partial charge in [-0.3, -0.25) is 0 Å². The molecule has 0 spiro atoms. The summed E-state index contributed by atoms with van der Waals surface area (Å²) in [6.07, 6.45) is 5.57. The minimum absolute atomic E-state index is 0.0712. The van der Waals surface area contributed by atoms with Crippen LogP contribution in [0.2, 0.25) is 0 Å². The number of hydrogen-bond acceptors (Lipinski definition) is 2. The summed E-state index contributed by atoms with van der Waals surface area (Å²) in [5, 5.41) is 8.75. The fourth-order valence-corrected chi connectivity index (χ4v) is 1.71. The lowest BCUT2D eigenvalue weighted by atomic mass is 10.1. The van der Waals surface area contributed by atoms with E-state index in [-0.39, 0.29) is 5.92 Å². The smallest absolute Gasteiger partial charge is 0.109 e. The van der Waals surface area contributed by atoms with Crippen molar-refractivity contribution < 1.29 is 0 Å². The van der Waals surface area contributed by atoms with E-state index in [2.05, 4.69) is 15.6 Å². The summed E-state index contributed by atoms with van der Waals surface area (Å²) in [4.78, 5) is 4.46. The number of rotatable bonds is 1. The van der Waals surface area contributed by atoms with E-state index in [1.54, 1.807) is 0 Å². The Labute approximate surface area is 78.0 Å². The van der Waals surface area contributed by atoms with Crippen molar-refractivity contribution in [2.75, 3.05) is 0 Å². The van der Waals surface area contributed by atoms with Gasteiger partial charge in [-0.15, -0.1) is 0 Å². The Morgan fingerprint density at radius 3 is 3.15 bits per heavy atom. The third kappa shape index (κ3) is 1.44. The van der Waals surface area contributed by atoms with Crippen LogP contribution in [0.25, 0.3) is 0 Å². The fourth-order valence-electron chi connectivity index (χ4n) is 1.71. The molecule has 0 aliphatic carbocycles. The number of nitrogens with zero attached hydrogens (tertiary/aromatic N) is 3. The maximum Gasteiger partial charge on any atom is 0.109 e. The molecule has 2 rings (SSSR count). The van der Waals surface area contributed by atoms with E-state index in [0.717, 1.165) is 24.5 Å². The minimum atomic E-state index is -0.0712. The molecule has 13 heavy (non-hydrogen) atoms. The molecule has 1 aromatic heterocycles. The van der Waals surface area contributed by atoms with Crippen LogP contribution in [0.4, 0.5) is 0 Å². The van der Waals surface area contributed by atoms with Crippen molar-refractivity contribution in [1.29, 1.82) is 5.26 Å². The van der Waals surface area contributed by atoms with Crippen molar-refractivity contribution in [3.63, 3.8) is 0 Å². The third-order valence-corrected chi connectivity index (χ3v) is 2.56. The lowest BCUT2D eigenvalue weighted by Crippen LogP contribution is -2.08. The largest absolute Gasteiger partial charge is 0.335 e. The molecule has 68 valence electrons. The second-order valence-corrected chi connectivity index (χ2v) is 3.58. The second-order valence-electron chi connectivity index (χ2n) is 3.58. The summed E-state index contributed by atoms with van der Waals surface area (Å²) in [6, 6.07) is 2.21. The van der Waals surface area contributed by atoms with Gasteiger partial charge in [-0.05, 0) is 19.8 Å². The molecule has 0 saturated heterocycles. The molecular formula is C10H13N3. The Morgan fingerprint density at radius 2 is 2.46 bits per heavy atom. The van der Waals surface area contributed by atoms with Crippen LogP contribution < -0.4 is 0 Å². The highest BCUT2D eigenvalue weighted by atomic mass is 15.1. The summed E-state index contributed by atoms with van der Waals surface area (Å²) in [5.74, 6) is 1.08. The molecule has 2 heterocycles. The number of fused-ring (bicyclic) bond motifs is 1. The van der Waals surface area contributed by atoms with Crippen LogP contribution in [0.1, 0.15) is 37.2 Å². The van der Waals surface area contributed by atoms with Crippen molar-refractivity contribution in [1.82, 2.24) is 9.55 Å². The van der Waals surface area contributed by atoms with Crippen molar-refractivity contribution >= 4 is 0 Å². The Bertz CT molecular complexity index is 322. The maximum atomic E-state index is 8.75. The standard InChI is InChI=1S/C10H13N3/c1-8(6-11)9-7-13-5-3-2-4-10(13)12-9/h7-8H,2-5H2,1H3. The summed E-state index contributed by atoms with van der Waals surface area (Å²) >= 11 is 0. The zero-order chi connectivity index (χ0) is 9.26. The molecule has 0 aromatic carbocycles. The monoisotopic (exact) mass is 175 g/mol. The molecule has 1 aromatic rings. The summed E-state index contributed by atoms with van der Waals surface area (Å²) in [6.45, 7) is 2.97. The third-order valence-electron chi connectivity index (χ3n) is 2.56. The molecule has 3 heteroatoms. The molecular weight excluding hydrogens is 162 g/mol. The minimum Gasteiger partial charge on any atom is -0.335 e. The van der Waals surface area contributed by atoms with Gasteiger partial charge in [0.05, 0.1) is 17.7 Å². The van der Waals surface area contributed by atoms with E-state index in [1.807, 2.05) is 13.1 Å². The predicted molar refractivity (Wildman–Crippen MR) is 49.2 cm³/mol. The highest BCUT2D eigenvalue weighted by Crippen LogP contribution is 2.18. The number of nitriles is 1. The van der Waals surface area contributed by atoms with Crippen molar-refractivity contribution in [2.24, 2.45) is 0 Å². The highest BCUT2D eigenvalue weighted by Gasteiger charge is 2.15. The fraction of sp³-hybridized carbons (Fsp3) is 0.600. The number of aryl methyl sites for hydroxylation is 2. The quantitative estimate of drug-likeness (QED) is 0.653. The first kappa shape index (κ1) is 8.31. The number of aromatic nitrogens is 2. The van der Waals surface area contributed by atoms with Gasteiger partial charge in [0.2, 0.25) is 0 Å². The predicted octanol–water partition coefficient (Wildman–Crippen LogP) is 1.85. The lowest BCUT2D eigenvalue weighted by molar-refractivity contribution is 0.522. The van der Waals surface area contributed by atoms with Crippen LogP contribution >= 0.6 is 0 Å². The van der Waals surface area contributed by atoms with Crippen LogP contribution in [-0.2, 0) is 13.0 Å². The molecule has 1 aliphatic rings. The summed E-state index contributed by atoms with van der Waals surface area (Å²) < 4.78 is 2.19. The average Bonchev–Trinajstić information content (AvgIpc) is 2.59. The van der Waals surface area contributed by atoms with Crippen LogP contribution in [0.15, 0.2) is 6.20 Å². The molecule has 0 radical (unpaired) electrons. The van der Waals surface area contributed by atoms with E-state index in [1.165, 1.54) is 12.8 Å². The van der Waals surface area contributed by atoms with Gasteiger partial charge in [-0.1, -0.05) is 0 Å². The Hall–Kier alpha value is -1.30. The van der Waals surface area contributed by atoms with Crippen molar-refractivity contribution in [3.8, 4) is 6.07 Å². The molecule has 3 nitrogen and oxygen atoms in total. The van der Waals surface area contributed by atoms with Crippen LogP contribution in [-0.4, -0.2) is 9.55 Å². The van der Waals surface area contributed by atoms with Gasteiger partial charge in [0.25, 0.3) is 0 Å². The topological polar surface area (TPSA) is 41.6 Å².